The van der Waals surface area contributed by atoms with Crippen molar-refractivity contribution in [2.75, 3.05) is 26.2 Å². The predicted molar refractivity (Wildman–Crippen MR) is 60.6 cm³/mol. The van der Waals surface area contributed by atoms with Crippen molar-refractivity contribution in [3.63, 3.8) is 0 Å². The first-order valence-electron chi connectivity index (χ1n) is 6.20. The zero-order valence-corrected chi connectivity index (χ0v) is 9.80. The highest BCUT2D eigenvalue weighted by atomic mass is 16.5. The fourth-order valence-corrected chi connectivity index (χ4v) is 1.97. The van der Waals surface area contributed by atoms with E-state index in [1.165, 1.54) is 45.3 Å². The quantitative estimate of drug-likeness (QED) is 0.652. The molecule has 0 aromatic rings. The zero-order valence-electron chi connectivity index (χ0n) is 9.80. The predicted octanol–water partition coefficient (Wildman–Crippen LogP) is 2.68. The molecule has 1 aliphatic rings. The molecule has 2 heteroatoms. The Bertz CT molecular complexity index is 114. The van der Waals surface area contributed by atoms with Gasteiger partial charge in [-0.1, -0.05) is 20.3 Å². The third-order valence-corrected chi connectivity index (χ3v) is 2.92. The van der Waals surface area contributed by atoms with E-state index < -0.39 is 0 Å². The molecule has 0 aromatic carbocycles. The van der Waals surface area contributed by atoms with Gasteiger partial charge in [-0.3, -0.25) is 0 Å². The summed E-state index contributed by atoms with van der Waals surface area (Å²) >= 11 is 0. The molecule has 1 saturated heterocycles. The molecule has 0 radical (unpaired) electrons. The number of hydrogen-bond acceptors (Lipinski definition) is 2. The summed E-state index contributed by atoms with van der Waals surface area (Å²) in [7, 11) is 0. The van der Waals surface area contributed by atoms with Crippen LogP contribution in [0.2, 0.25) is 0 Å². The fourth-order valence-electron chi connectivity index (χ4n) is 1.97. The maximum atomic E-state index is 5.76. The second-order valence-electron chi connectivity index (χ2n) is 4.27. The minimum Gasteiger partial charge on any atom is -0.378 e. The molecule has 1 rings (SSSR count). The Hall–Kier alpha value is -0.0800. The van der Waals surface area contributed by atoms with Gasteiger partial charge in [0, 0.05) is 19.7 Å². The Morgan fingerprint density at radius 3 is 2.43 bits per heavy atom. The van der Waals surface area contributed by atoms with Crippen LogP contribution in [0.1, 0.15) is 46.0 Å². The monoisotopic (exact) mass is 199 g/mol. The van der Waals surface area contributed by atoms with Crippen molar-refractivity contribution in [2.24, 2.45) is 0 Å². The van der Waals surface area contributed by atoms with E-state index in [1.54, 1.807) is 0 Å². The van der Waals surface area contributed by atoms with Crippen LogP contribution in [0.5, 0.6) is 0 Å². The van der Waals surface area contributed by atoms with Gasteiger partial charge in [0.15, 0.2) is 0 Å². The molecule has 0 amide bonds. The molecule has 0 atom stereocenters. The Balaban J connectivity index is 2.05. The van der Waals surface area contributed by atoms with Gasteiger partial charge in [-0.05, 0) is 32.2 Å². The lowest BCUT2D eigenvalue weighted by Gasteiger charge is -2.31. The summed E-state index contributed by atoms with van der Waals surface area (Å²) in [5.41, 5.74) is 0. The van der Waals surface area contributed by atoms with Crippen LogP contribution >= 0.6 is 0 Å². The molecule has 2 nitrogen and oxygen atoms in total. The average molecular weight is 199 g/mol. The van der Waals surface area contributed by atoms with Gasteiger partial charge in [0.1, 0.15) is 0 Å². The normalized spacial score (nSPS) is 20.1. The summed E-state index contributed by atoms with van der Waals surface area (Å²) in [6, 6.07) is 0. The van der Waals surface area contributed by atoms with Crippen molar-refractivity contribution in [3.8, 4) is 0 Å². The summed E-state index contributed by atoms with van der Waals surface area (Å²) in [6.45, 7) is 9.16. The van der Waals surface area contributed by atoms with Crippen molar-refractivity contribution < 1.29 is 4.74 Å². The minimum absolute atomic E-state index is 0.549. The first-order valence-corrected chi connectivity index (χ1v) is 6.20. The van der Waals surface area contributed by atoms with E-state index in [9.17, 15) is 0 Å². The molecule has 0 spiro atoms. The summed E-state index contributed by atoms with van der Waals surface area (Å²) in [5.74, 6) is 0. The fraction of sp³-hybridized carbons (Fsp3) is 1.00. The number of likely N-dealkylation sites (tertiary alicyclic amines) is 1. The topological polar surface area (TPSA) is 12.5 Å². The number of rotatable bonds is 6. The van der Waals surface area contributed by atoms with E-state index in [0.29, 0.717) is 6.10 Å². The van der Waals surface area contributed by atoms with Crippen molar-refractivity contribution >= 4 is 0 Å². The SMILES string of the molecule is CCCCN1CCC(OCCC)CC1. The molecule has 0 saturated carbocycles. The van der Waals surface area contributed by atoms with Crippen molar-refractivity contribution in [1.82, 2.24) is 4.90 Å². The molecular weight excluding hydrogens is 174 g/mol. The standard InChI is InChI=1S/C12H25NO/c1-3-5-8-13-9-6-12(7-10-13)14-11-4-2/h12H,3-11H2,1-2H3. The molecule has 1 heterocycles. The highest BCUT2D eigenvalue weighted by molar-refractivity contribution is 4.72. The zero-order chi connectivity index (χ0) is 10.2. The summed E-state index contributed by atoms with van der Waals surface area (Å²) in [5, 5.41) is 0. The molecule has 1 aliphatic heterocycles. The molecule has 0 unspecified atom stereocenters. The molecule has 0 aromatic heterocycles. The Kier molecular flexibility index (Phi) is 6.20. The molecule has 84 valence electrons. The first kappa shape index (κ1) is 12.0. The van der Waals surface area contributed by atoms with Crippen LogP contribution in [-0.2, 0) is 4.74 Å². The van der Waals surface area contributed by atoms with Crippen LogP contribution in [0, 0.1) is 0 Å². The second kappa shape index (κ2) is 7.24. The van der Waals surface area contributed by atoms with E-state index in [4.69, 9.17) is 4.74 Å². The van der Waals surface area contributed by atoms with Gasteiger partial charge >= 0.3 is 0 Å². The van der Waals surface area contributed by atoms with Crippen molar-refractivity contribution in [1.29, 1.82) is 0 Å². The molecule has 0 bridgehead atoms. The van der Waals surface area contributed by atoms with Crippen LogP contribution in [0.15, 0.2) is 0 Å². The van der Waals surface area contributed by atoms with E-state index >= 15 is 0 Å². The smallest absolute Gasteiger partial charge is 0.0599 e. The van der Waals surface area contributed by atoms with Gasteiger partial charge in [-0.15, -0.1) is 0 Å². The largest absolute Gasteiger partial charge is 0.378 e. The molecule has 0 aliphatic carbocycles. The van der Waals surface area contributed by atoms with Gasteiger partial charge in [-0.25, -0.2) is 0 Å². The van der Waals surface area contributed by atoms with Crippen LogP contribution in [0.3, 0.4) is 0 Å². The van der Waals surface area contributed by atoms with Crippen LogP contribution in [0.25, 0.3) is 0 Å². The highest BCUT2D eigenvalue weighted by Gasteiger charge is 2.18. The van der Waals surface area contributed by atoms with Crippen molar-refractivity contribution in [2.45, 2.75) is 52.1 Å². The molecule has 0 N–H and O–H groups in total. The molecule has 14 heavy (non-hydrogen) atoms. The Morgan fingerprint density at radius 1 is 1.14 bits per heavy atom. The lowest BCUT2D eigenvalue weighted by Crippen LogP contribution is -2.37. The summed E-state index contributed by atoms with van der Waals surface area (Å²) < 4.78 is 5.76. The van der Waals surface area contributed by atoms with Gasteiger partial charge in [0.25, 0.3) is 0 Å². The van der Waals surface area contributed by atoms with Crippen LogP contribution < -0.4 is 0 Å². The van der Waals surface area contributed by atoms with Crippen LogP contribution in [0.4, 0.5) is 0 Å². The number of unbranched alkanes of at least 4 members (excludes halogenated alkanes) is 1. The summed E-state index contributed by atoms with van der Waals surface area (Å²) in [4.78, 5) is 2.58. The van der Waals surface area contributed by atoms with Crippen LogP contribution in [-0.4, -0.2) is 37.2 Å². The third-order valence-electron chi connectivity index (χ3n) is 2.92. The Labute approximate surface area is 88.6 Å². The lowest BCUT2D eigenvalue weighted by molar-refractivity contribution is 0.00773. The number of ether oxygens (including phenoxy) is 1. The van der Waals surface area contributed by atoms with E-state index in [1.807, 2.05) is 0 Å². The Morgan fingerprint density at radius 2 is 1.86 bits per heavy atom. The average Bonchev–Trinajstić information content (AvgIpc) is 2.25. The molecule has 1 fully saturated rings. The van der Waals surface area contributed by atoms with E-state index in [2.05, 4.69) is 18.7 Å². The first-order chi connectivity index (χ1) is 6.86. The van der Waals surface area contributed by atoms with Gasteiger partial charge < -0.3 is 9.64 Å². The van der Waals surface area contributed by atoms with Crippen molar-refractivity contribution in [3.05, 3.63) is 0 Å². The number of nitrogens with zero attached hydrogens (tertiary/aromatic N) is 1. The van der Waals surface area contributed by atoms with E-state index in [0.717, 1.165) is 13.0 Å². The highest BCUT2D eigenvalue weighted by Crippen LogP contribution is 2.14. The van der Waals surface area contributed by atoms with Gasteiger partial charge in [-0.2, -0.15) is 0 Å². The van der Waals surface area contributed by atoms with Gasteiger partial charge in [0.2, 0.25) is 0 Å². The number of piperidine rings is 1. The second-order valence-corrected chi connectivity index (χ2v) is 4.27. The lowest BCUT2D eigenvalue weighted by atomic mass is 10.1. The maximum absolute atomic E-state index is 5.76. The number of hydrogen-bond donors (Lipinski definition) is 0. The maximum Gasteiger partial charge on any atom is 0.0599 e. The summed E-state index contributed by atoms with van der Waals surface area (Å²) in [6.07, 6.45) is 6.84. The molecular formula is C12H25NO. The third kappa shape index (κ3) is 4.43. The van der Waals surface area contributed by atoms with E-state index in [-0.39, 0.29) is 0 Å². The van der Waals surface area contributed by atoms with Gasteiger partial charge in [0.05, 0.1) is 6.10 Å². The minimum atomic E-state index is 0.549.